The van der Waals surface area contributed by atoms with Crippen LogP contribution in [0.15, 0.2) is 35.4 Å². The fraction of sp³-hybridized carbons (Fsp3) is 0.462. The quantitative estimate of drug-likeness (QED) is 0.575. The highest BCUT2D eigenvalue weighted by Gasteiger charge is 2.46. The summed E-state index contributed by atoms with van der Waals surface area (Å²) in [6.07, 6.45) is 7.69. The van der Waals surface area contributed by atoms with Gasteiger partial charge in [0.05, 0.1) is 29.7 Å². The van der Waals surface area contributed by atoms with Gasteiger partial charge in [-0.15, -0.1) is 0 Å². The molecule has 2 heterocycles. The number of amides is 1. The molecule has 1 fully saturated rings. The zero-order valence-corrected chi connectivity index (χ0v) is 19.6. The van der Waals surface area contributed by atoms with Gasteiger partial charge in [-0.2, -0.15) is 5.10 Å². The van der Waals surface area contributed by atoms with Crippen LogP contribution in [-0.2, 0) is 6.42 Å². The summed E-state index contributed by atoms with van der Waals surface area (Å²) in [6.45, 7) is 9.99. The lowest BCUT2D eigenvalue weighted by Crippen LogP contribution is -2.40. The molecule has 5 rings (SSSR count). The Labute approximate surface area is 199 Å². The topological polar surface area (TPSA) is 62.0 Å². The molecule has 6 nitrogen and oxygen atoms in total. The van der Waals surface area contributed by atoms with Gasteiger partial charge in [-0.1, -0.05) is 37.4 Å². The highest BCUT2D eigenvalue weighted by molar-refractivity contribution is 6.33. The zero-order chi connectivity index (χ0) is 22.9. The molecule has 0 radical (unpaired) electrons. The van der Waals surface area contributed by atoms with Crippen LogP contribution in [0.1, 0.15) is 67.2 Å². The van der Waals surface area contributed by atoms with E-state index >= 15 is 0 Å². The molecule has 1 aromatic carbocycles. The SMILES string of the molecule is [C-]#[N+]c1ccc(N2N=C3c4ccc(C(=O)NCCC)nc4CCC3C2C2CCCC2)cc1Cl. The van der Waals surface area contributed by atoms with Gasteiger partial charge in [-0.3, -0.25) is 9.80 Å². The maximum Gasteiger partial charge on any atom is 0.269 e. The summed E-state index contributed by atoms with van der Waals surface area (Å²) in [4.78, 5) is 20.6. The van der Waals surface area contributed by atoms with Crippen molar-refractivity contribution in [1.29, 1.82) is 0 Å². The van der Waals surface area contributed by atoms with Crippen molar-refractivity contribution in [2.75, 3.05) is 11.6 Å². The number of aryl methyl sites for hydroxylation is 1. The molecule has 1 N–H and O–H groups in total. The van der Waals surface area contributed by atoms with Crippen molar-refractivity contribution in [2.24, 2.45) is 16.9 Å². The molecule has 0 saturated heterocycles. The van der Waals surface area contributed by atoms with Crippen molar-refractivity contribution < 1.29 is 4.79 Å². The number of hydrazone groups is 1. The number of nitrogens with zero attached hydrogens (tertiary/aromatic N) is 4. The van der Waals surface area contributed by atoms with Gasteiger partial charge in [-0.05, 0) is 62.3 Å². The monoisotopic (exact) mass is 461 g/mol. The Balaban J connectivity index is 1.52. The smallest absolute Gasteiger partial charge is 0.269 e. The van der Waals surface area contributed by atoms with Crippen LogP contribution in [0.2, 0.25) is 5.02 Å². The third-order valence-corrected chi connectivity index (χ3v) is 7.47. The molecule has 1 saturated carbocycles. The molecule has 1 amide bonds. The Morgan fingerprint density at radius 3 is 2.79 bits per heavy atom. The number of halogens is 1. The summed E-state index contributed by atoms with van der Waals surface area (Å²) in [6, 6.07) is 9.76. The molecule has 170 valence electrons. The van der Waals surface area contributed by atoms with Crippen molar-refractivity contribution in [3.63, 3.8) is 0 Å². The highest BCUT2D eigenvalue weighted by atomic mass is 35.5. The zero-order valence-electron chi connectivity index (χ0n) is 18.9. The summed E-state index contributed by atoms with van der Waals surface area (Å²) in [5.41, 5.74) is 4.98. The van der Waals surface area contributed by atoms with Crippen molar-refractivity contribution in [3.05, 3.63) is 63.7 Å². The predicted molar refractivity (Wildman–Crippen MR) is 131 cm³/mol. The van der Waals surface area contributed by atoms with Gasteiger partial charge >= 0.3 is 0 Å². The number of benzene rings is 1. The van der Waals surface area contributed by atoms with E-state index in [1.807, 2.05) is 31.2 Å². The molecule has 3 aliphatic rings. The van der Waals surface area contributed by atoms with E-state index in [9.17, 15) is 4.79 Å². The number of carbonyl (C=O) groups excluding carboxylic acids is 1. The van der Waals surface area contributed by atoms with Crippen LogP contribution in [0, 0.1) is 18.4 Å². The lowest BCUT2D eigenvalue weighted by Gasteiger charge is -2.34. The Bertz CT molecular complexity index is 1150. The lowest BCUT2D eigenvalue weighted by atomic mass is 9.76. The first-order valence-corrected chi connectivity index (χ1v) is 12.3. The number of fused-ring (bicyclic) bond motifs is 3. The van der Waals surface area contributed by atoms with Crippen molar-refractivity contribution in [3.8, 4) is 0 Å². The summed E-state index contributed by atoms with van der Waals surface area (Å²) < 4.78 is 0. The Morgan fingerprint density at radius 2 is 2.06 bits per heavy atom. The second kappa shape index (κ2) is 9.15. The fourth-order valence-electron chi connectivity index (χ4n) is 5.61. The summed E-state index contributed by atoms with van der Waals surface area (Å²) in [5, 5.41) is 10.7. The molecular weight excluding hydrogens is 434 g/mol. The number of rotatable bonds is 5. The highest BCUT2D eigenvalue weighted by Crippen LogP contribution is 2.45. The Kier molecular flexibility index (Phi) is 6.07. The molecular formula is C26H28ClN5O. The van der Waals surface area contributed by atoms with E-state index in [1.54, 1.807) is 6.07 Å². The average Bonchev–Trinajstić information content (AvgIpc) is 3.49. The summed E-state index contributed by atoms with van der Waals surface area (Å²) in [7, 11) is 0. The minimum atomic E-state index is -0.116. The predicted octanol–water partition coefficient (Wildman–Crippen LogP) is 5.77. The molecule has 0 bridgehead atoms. The van der Waals surface area contributed by atoms with Gasteiger partial charge in [-0.25, -0.2) is 9.83 Å². The second-order valence-electron chi connectivity index (χ2n) is 9.20. The third-order valence-electron chi connectivity index (χ3n) is 7.17. The molecule has 1 aromatic heterocycles. The van der Waals surface area contributed by atoms with Crippen LogP contribution in [-0.4, -0.2) is 29.2 Å². The Morgan fingerprint density at radius 1 is 1.24 bits per heavy atom. The Hall–Kier alpha value is -2.91. The second-order valence-corrected chi connectivity index (χ2v) is 9.61. The number of hydrogen-bond acceptors (Lipinski definition) is 4. The van der Waals surface area contributed by atoms with E-state index in [0.717, 1.165) is 41.9 Å². The summed E-state index contributed by atoms with van der Waals surface area (Å²) >= 11 is 6.40. The number of aromatic nitrogens is 1. The third kappa shape index (κ3) is 4.00. The number of pyridine rings is 1. The minimum absolute atomic E-state index is 0.116. The molecule has 0 spiro atoms. The van der Waals surface area contributed by atoms with Gasteiger partial charge in [0.25, 0.3) is 5.91 Å². The van der Waals surface area contributed by atoms with Gasteiger partial charge in [0.15, 0.2) is 0 Å². The molecule has 2 aliphatic carbocycles. The van der Waals surface area contributed by atoms with Crippen LogP contribution in [0.4, 0.5) is 11.4 Å². The van der Waals surface area contributed by atoms with Crippen LogP contribution in [0.3, 0.4) is 0 Å². The van der Waals surface area contributed by atoms with E-state index in [2.05, 4.69) is 15.2 Å². The molecule has 2 aromatic rings. The van der Waals surface area contributed by atoms with Crippen molar-refractivity contribution in [1.82, 2.24) is 10.3 Å². The van der Waals surface area contributed by atoms with Crippen LogP contribution < -0.4 is 10.3 Å². The van der Waals surface area contributed by atoms with E-state index < -0.39 is 0 Å². The molecule has 1 aliphatic heterocycles. The van der Waals surface area contributed by atoms with Crippen LogP contribution in [0.5, 0.6) is 0 Å². The average molecular weight is 462 g/mol. The van der Waals surface area contributed by atoms with E-state index in [0.29, 0.717) is 34.8 Å². The van der Waals surface area contributed by atoms with Crippen LogP contribution in [0.25, 0.3) is 4.85 Å². The first-order chi connectivity index (χ1) is 16.1. The lowest BCUT2D eigenvalue weighted by molar-refractivity contribution is 0.0948. The van der Waals surface area contributed by atoms with Crippen molar-refractivity contribution >= 4 is 34.6 Å². The number of hydrogen-bond donors (Lipinski definition) is 1. The molecule has 7 heteroatoms. The number of anilines is 1. The molecule has 33 heavy (non-hydrogen) atoms. The largest absolute Gasteiger partial charge is 0.351 e. The fourth-order valence-corrected chi connectivity index (χ4v) is 5.83. The van der Waals surface area contributed by atoms with Gasteiger partial charge < -0.3 is 5.32 Å². The molecule has 2 atom stereocenters. The minimum Gasteiger partial charge on any atom is -0.351 e. The van der Waals surface area contributed by atoms with E-state index in [1.165, 1.54) is 25.7 Å². The van der Waals surface area contributed by atoms with Gasteiger partial charge in [0.2, 0.25) is 5.69 Å². The normalized spacial score (nSPS) is 21.8. The van der Waals surface area contributed by atoms with Gasteiger partial charge in [0.1, 0.15) is 5.69 Å². The van der Waals surface area contributed by atoms with Crippen molar-refractivity contribution in [2.45, 2.75) is 57.9 Å². The number of nitrogens with one attached hydrogen (secondary N) is 1. The summed E-state index contributed by atoms with van der Waals surface area (Å²) in [5.74, 6) is 0.806. The first kappa shape index (κ1) is 21.9. The van der Waals surface area contributed by atoms with E-state index in [4.69, 9.17) is 28.3 Å². The first-order valence-electron chi connectivity index (χ1n) is 11.9. The number of carbonyl (C=O) groups is 1. The van der Waals surface area contributed by atoms with Crippen LogP contribution >= 0.6 is 11.6 Å². The standard InChI is InChI=1S/C26H28ClN5O/c1-3-14-29-26(33)23-13-9-18-21(30-23)12-10-19-24(18)31-32(25(19)16-6-4-5-7-16)17-8-11-22(28-2)20(27)15-17/h8-9,11,13,15-16,19,25H,3-7,10,12,14H2,1H3,(H,29,33). The maximum absolute atomic E-state index is 12.4. The molecule has 2 unspecified atom stereocenters. The maximum atomic E-state index is 12.4. The van der Waals surface area contributed by atoms with E-state index in [-0.39, 0.29) is 11.9 Å². The van der Waals surface area contributed by atoms with Gasteiger partial charge in [0, 0.05) is 23.0 Å².